The van der Waals surface area contributed by atoms with Crippen molar-refractivity contribution in [1.29, 1.82) is 0 Å². The quantitative estimate of drug-likeness (QED) is 0.358. The molecule has 0 radical (unpaired) electrons. The Labute approximate surface area is 123 Å². The van der Waals surface area contributed by atoms with Gasteiger partial charge < -0.3 is 0 Å². The predicted molar refractivity (Wildman–Crippen MR) is 62.2 cm³/mol. The fourth-order valence-corrected chi connectivity index (χ4v) is 1.94. The van der Waals surface area contributed by atoms with Gasteiger partial charge in [-0.25, -0.2) is 39.5 Å². The number of allylic oxidation sites excluding steroid dienone is 6. The standard InChI is InChI=1S/C14H5F9/c1-3-2-4(15)8(17)5(9(18)7(3)16)6-10(19)12(21)14(23)13(22)11(6)20/h2,4H,1H3. The van der Waals surface area contributed by atoms with Gasteiger partial charge in [-0.2, -0.15) is 0 Å². The molecule has 1 aliphatic carbocycles. The van der Waals surface area contributed by atoms with E-state index >= 15 is 0 Å². The van der Waals surface area contributed by atoms with Crippen LogP contribution in [0.3, 0.4) is 0 Å². The van der Waals surface area contributed by atoms with Gasteiger partial charge in [-0.15, -0.1) is 0 Å². The highest BCUT2D eigenvalue weighted by Gasteiger charge is 2.35. The molecule has 0 spiro atoms. The molecule has 23 heavy (non-hydrogen) atoms. The number of alkyl halides is 1. The van der Waals surface area contributed by atoms with E-state index in [0.717, 1.165) is 6.92 Å². The summed E-state index contributed by atoms with van der Waals surface area (Å²) in [5.41, 5.74) is -4.84. The topological polar surface area (TPSA) is 0 Å². The van der Waals surface area contributed by atoms with Crippen LogP contribution in [-0.4, -0.2) is 6.17 Å². The second-order valence-corrected chi connectivity index (χ2v) is 4.55. The second kappa shape index (κ2) is 5.78. The van der Waals surface area contributed by atoms with E-state index in [9.17, 15) is 39.5 Å². The third-order valence-corrected chi connectivity index (χ3v) is 3.10. The smallest absolute Gasteiger partial charge is 0.200 e. The summed E-state index contributed by atoms with van der Waals surface area (Å²) < 4.78 is 121. The Morgan fingerprint density at radius 3 is 1.61 bits per heavy atom. The van der Waals surface area contributed by atoms with Crippen LogP contribution in [0.2, 0.25) is 0 Å². The van der Waals surface area contributed by atoms with Crippen LogP contribution in [0.5, 0.6) is 0 Å². The van der Waals surface area contributed by atoms with Gasteiger partial charge in [0.25, 0.3) is 0 Å². The van der Waals surface area contributed by atoms with Crippen LogP contribution in [-0.2, 0) is 0 Å². The predicted octanol–water partition coefficient (Wildman–Crippen LogP) is 5.51. The molecule has 1 atom stereocenters. The first kappa shape index (κ1) is 17.2. The summed E-state index contributed by atoms with van der Waals surface area (Å²) in [4.78, 5) is 0. The summed E-state index contributed by atoms with van der Waals surface area (Å²) in [6, 6.07) is 0. The molecule has 1 aliphatic rings. The number of hydrogen-bond donors (Lipinski definition) is 0. The minimum absolute atomic E-state index is 0.253. The van der Waals surface area contributed by atoms with E-state index in [1.807, 2.05) is 0 Å². The molecule has 0 aliphatic heterocycles. The van der Waals surface area contributed by atoms with Gasteiger partial charge in [-0.05, 0) is 18.6 Å². The first-order chi connectivity index (χ1) is 10.6. The van der Waals surface area contributed by atoms with Crippen molar-refractivity contribution in [3.63, 3.8) is 0 Å². The normalized spacial score (nSPS) is 19.2. The fraction of sp³-hybridized carbons (Fsp3) is 0.143. The van der Waals surface area contributed by atoms with Crippen LogP contribution in [0.15, 0.2) is 29.1 Å². The van der Waals surface area contributed by atoms with Gasteiger partial charge in [-0.3, -0.25) is 0 Å². The number of hydrogen-bond acceptors (Lipinski definition) is 0. The molecule has 124 valence electrons. The van der Waals surface area contributed by atoms with E-state index in [2.05, 4.69) is 0 Å². The van der Waals surface area contributed by atoms with Gasteiger partial charge in [0.1, 0.15) is 5.83 Å². The monoisotopic (exact) mass is 344 g/mol. The molecule has 0 fully saturated rings. The second-order valence-electron chi connectivity index (χ2n) is 4.55. The summed E-state index contributed by atoms with van der Waals surface area (Å²) >= 11 is 0. The molecule has 1 unspecified atom stereocenters. The number of rotatable bonds is 1. The van der Waals surface area contributed by atoms with Crippen molar-refractivity contribution >= 4 is 5.57 Å². The van der Waals surface area contributed by atoms with E-state index in [0.29, 0.717) is 0 Å². The summed E-state index contributed by atoms with van der Waals surface area (Å²) in [6.45, 7) is 0.830. The van der Waals surface area contributed by atoms with E-state index in [4.69, 9.17) is 0 Å². The molecule has 0 saturated carbocycles. The van der Waals surface area contributed by atoms with Crippen LogP contribution >= 0.6 is 0 Å². The van der Waals surface area contributed by atoms with Crippen LogP contribution in [0.25, 0.3) is 5.57 Å². The maximum absolute atomic E-state index is 13.9. The number of halogens is 9. The third-order valence-electron chi connectivity index (χ3n) is 3.10. The maximum Gasteiger partial charge on any atom is 0.200 e. The van der Waals surface area contributed by atoms with Gasteiger partial charge in [0, 0.05) is 0 Å². The Morgan fingerprint density at radius 1 is 0.696 bits per heavy atom. The van der Waals surface area contributed by atoms with Gasteiger partial charge in [-0.1, -0.05) is 0 Å². The lowest BCUT2D eigenvalue weighted by atomic mass is 10.00. The van der Waals surface area contributed by atoms with Crippen molar-refractivity contribution < 1.29 is 39.5 Å². The van der Waals surface area contributed by atoms with E-state index in [-0.39, 0.29) is 6.08 Å². The molecule has 0 N–H and O–H groups in total. The number of benzene rings is 1. The van der Waals surface area contributed by atoms with Crippen molar-refractivity contribution in [2.75, 3.05) is 0 Å². The molecule has 0 bridgehead atoms. The molecule has 1 aromatic carbocycles. The minimum Gasteiger partial charge on any atom is -0.235 e. The van der Waals surface area contributed by atoms with Crippen LogP contribution in [0.1, 0.15) is 12.5 Å². The Morgan fingerprint density at radius 2 is 1.13 bits per heavy atom. The lowest BCUT2D eigenvalue weighted by Gasteiger charge is -2.12. The zero-order valence-electron chi connectivity index (χ0n) is 11.1. The SMILES string of the molecule is CC1=CC(F)C(F)=C(c2c(F)c(F)c(F)c(F)c2F)C(F)=C1F. The van der Waals surface area contributed by atoms with Crippen molar-refractivity contribution in [1.82, 2.24) is 0 Å². The minimum atomic E-state index is -2.83. The molecule has 2 rings (SSSR count). The Hall–Kier alpha value is -2.19. The van der Waals surface area contributed by atoms with E-state index in [1.54, 1.807) is 0 Å². The molecular weight excluding hydrogens is 339 g/mol. The third kappa shape index (κ3) is 2.53. The Balaban J connectivity index is 2.93. The van der Waals surface area contributed by atoms with Gasteiger partial charge in [0.2, 0.25) is 5.82 Å². The van der Waals surface area contributed by atoms with Crippen LogP contribution < -0.4 is 0 Å². The molecule has 0 saturated heterocycles. The lowest BCUT2D eigenvalue weighted by molar-refractivity contribution is 0.371. The lowest BCUT2D eigenvalue weighted by Crippen LogP contribution is -2.09. The molecule has 1 aromatic rings. The molecule has 0 heterocycles. The van der Waals surface area contributed by atoms with Crippen molar-refractivity contribution in [3.05, 3.63) is 63.8 Å². The highest BCUT2D eigenvalue weighted by atomic mass is 19.2. The van der Waals surface area contributed by atoms with Crippen LogP contribution in [0.4, 0.5) is 39.5 Å². The first-order valence-corrected chi connectivity index (χ1v) is 5.89. The maximum atomic E-state index is 13.9. The van der Waals surface area contributed by atoms with Gasteiger partial charge in [0.05, 0.1) is 11.1 Å². The van der Waals surface area contributed by atoms with Crippen molar-refractivity contribution in [2.24, 2.45) is 0 Å². The molecule has 9 heteroatoms. The average Bonchev–Trinajstić information content (AvgIpc) is 2.58. The Kier molecular flexibility index (Phi) is 4.32. The van der Waals surface area contributed by atoms with Crippen LogP contribution in [0, 0.1) is 29.1 Å². The Bertz CT molecular complexity index is 757. The van der Waals surface area contributed by atoms with Gasteiger partial charge in [0.15, 0.2) is 41.1 Å². The van der Waals surface area contributed by atoms with Crippen molar-refractivity contribution in [2.45, 2.75) is 13.1 Å². The van der Waals surface area contributed by atoms with Gasteiger partial charge >= 0.3 is 0 Å². The zero-order chi connectivity index (χ0) is 17.6. The highest BCUT2D eigenvalue weighted by molar-refractivity contribution is 5.82. The molecule has 0 nitrogen and oxygen atoms in total. The van der Waals surface area contributed by atoms with Crippen molar-refractivity contribution in [3.8, 4) is 0 Å². The fourth-order valence-electron chi connectivity index (χ4n) is 1.94. The first-order valence-electron chi connectivity index (χ1n) is 5.89. The highest BCUT2D eigenvalue weighted by Crippen LogP contribution is 2.41. The molecule has 0 amide bonds. The summed E-state index contributed by atoms with van der Waals surface area (Å²) in [5, 5.41) is 0. The van der Waals surface area contributed by atoms with E-state index < -0.39 is 69.4 Å². The largest absolute Gasteiger partial charge is 0.235 e. The summed E-state index contributed by atoms with van der Waals surface area (Å²) in [6.07, 6.45) is -2.58. The summed E-state index contributed by atoms with van der Waals surface area (Å²) in [7, 11) is 0. The molecular formula is C14H5F9. The molecule has 0 aromatic heterocycles. The zero-order valence-corrected chi connectivity index (χ0v) is 11.1. The summed E-state index contributed by atoms with van der Waals surface area (Å²) in [5.74, 6) is -19.2. The van der Waals surface area contributed by atoms with E-state index in [1.165, 1.54) is 0 Å². The average molecular weight is 344 g/mol.